The average Bonchev–Trinajstić information content (AvgIpc) is 3.45. The third-order valence-corrected chi connectivity index (χ3v) is 11.2. The minimum Gasteiger partial charge on any atom is -0.294 e. The number of allylic oxidation sites excluding steroid dienone is 6. The van der Waals surface area contributed by atoms with E-state index in [-0.39, 0.29) is 10.8 Å². The van der Waals surface area contributed by atoms with Gasteiger partial charge in [0.15, 0.2) is 11.5 Å². The highest BCUT2D eigenvalue weighted by Crippen LogP contribution is 2.66. The van der Waals surface area contributed by atoms with Gasteiger partial charge in [-0.05, 0) is 74.4 Å². The van der Waals surface area contributed by atoms with Crippen LogP contribution in [0.3, 0.4) is 0 Å². The summed E-state index contributed by atoms with van der Waals surface area (Å²) in [6.45, 7) is 13.8. The lowest BCUT2D eigenvalue weighted by Gasteiger charge is -2.31. The number of hydrogen-bond acceptors (Lipinski definition) is 2. The molecule has 2 aromatic heterocycles. The number of hydrogen-bond donors (Lipinski definition) is 0. The van der Waals surface area contributed by atoms with E-state index in [1.165, 1.54) is 60.4 Å². The quantitative estimate of drug-likeness (QED) is 0.309. The van der Waals surface area contributed by atoms with Crippen molar-refractivity contribution in [2.24, 2.45) is 22.7 Å². The van der Waals surface area contributed by atoms with Crippen LogP contribution in [0.5, 0.6) is 0 Å². The molecule has 4 aliphatic carbocycles. The predicted molar refractivity (Wildman–Crippen MR) is 143 cm³/mol. The van der Waals surface area contributed by atoms with Crippen molar-refractivity contribution in [3.8, 4) is 0 Å². The molecule has 0 saturated heterocycles. The first-order valence-corrected chi connectivity index (χ1v) is 14.2. The van der Waals surface area contributed by atoms with Crippen LogP contribution in [0, 0.1) is 22.7 Å². The van der Waals surface area contributed by atoms with Crippen LogP contribution >= 0.6 is 16.4 Å². The average molecular weight is 487 g/mol. The van der Waals surface area contributed by atoms with Crippen LogP contribution in [0.15, 0.2) is 81.8 Å². The Morgan fingerprint density at radius 2 is 1.09 bits per heavy atom. The van der Waals surface area contributed by atoms with Gasteiger partial charge in [-0.25, -0.2) is 0 Å². The van der Waals surface area contributed by atoms with Crippen molar-refractivity contribution in [2.45, 2.75) is 54.4 Å². The SMILES string of the molecule is CC1=C(c2ccccp2)C2(C)CC1C(OOC1=C(C)C3(C)CC1C(C)=C3c1ccccp1)=C2C. The molecule has 0 radical (unpaired) electrons. The number of rotatable bonds is 5. The van der Waals surface area contributed by atoms with Crippen molar-refractivity contribution in [2.75, 3.05) is 0 Å². The Labute approximate surface area is 206 Å². The van der Waals surface area contributed by atoms with E-state index in [0.717, 1.165) is 24.4 Å². The summed E-state index contributed by atoms with van der Waals surface area (Å²) in [5.74, 6) is 7.18. The number of fused-ring (bicyclic) bond motifs is 4. The first-order chi connectivity index (χ1) is 16.3. The van der Waals surface area contributed by atoms with Crippen LogP contribution in [0.4, 0.5) is 0 Å². The molecule has 0 aromatic carbocycles. The molecule has 0 N–H and O–H groups in total. The third-order valence-electron chi connectivity index (χ3n) is 9.25. The fourth-order valence-electron chi connectivity index (χ4n) is 7.19. The van der Waals surface area contributed by atoms with Gasteiger partial charge in [0.05, 0.1) is 0 Å². The van der Waals surface area contributed by atoms with Crippen LogP contribution in [0.1, 0.15) is 65.0 Å². The first kappa shape index (κ1) is 22.3. The lowest BCUT2D eigenvalue weighted by Crippen LogP contribution is -2.18. The van der Waals surface area contributed by atoms with Gasteiger partial charge in [0.25, 0.3) is 0 Å². The van der Waals surface area contributed by atoms with Gasteiger partial charge in [-0.3, -0.25) is 9.78 Å². The summed E-state index contributed by atoms with van der Waals surface area (Å²) in [6.07, 6.45) is 2.18. The van der Waals surface area contributed by atoms with E-state index in [1.807, 2.05) is 0 Å². The van der Waals surface area contributed by atoms with Gasteiger partial charge < -0.3 is 0 Å². The molecule has 6 rings (SSSR count). The zero-order valence-corrected chi connectivity index (χ0v) is 22.7. The smallest absolute Gasteiger partial charge is 0.162 e. The maximum absolute atomic E-state index is 6.29. The molecule has 2 heterocycles. The van der Waals surface area contributed by atoms with Gasteiger partial charge >= 0.3 is 0 Å². The lowest BCUT2D eigenvalue weighted by atomic mass is 9.77. The topological polar surface area (TPSA) is 18.5 Å². The lowest BCUT2D eigenvalue weighted by molar-refractivity contribution is -0.237. The van der Waals surface area contributed by atoms with Gasteiger partial charge in [0.2, 0.25) is 0 Å². The summed E-state index contributed by atoms with van der Waals surface area (Å²) < 4.78 is 0. The zero-order chi connectivity index (χ0) is 23.8. The van der Waals surface area contributed by atoms with Crippen molar-refractivity contribution < 1.29 is 9.78 Å². The van der Waals surface area contributed by atoms with Gasteiger partial charge in [0.1, 0.15) is 0 Å². The molecule has 0 saturated carbocycles. The van der Waals surface area contributed by atoms with E-state index in [9.17, 15) is 0 Å². The highest BCUT2D eigenvalue weighted by molar-refractivity contribution is 7.31. The van der Waals surface area contributed by atoms with Gasteiger partial charge in [-0.2, -0.15) is 0 Å². The van der Waals surface area contributed by atoms with Crippen molar-refractivity contribution in [3.63, 3.8) is 0 Å². The molecule has 2 aromatic rings. The summed E-state index contributed by atoms with van der Waals surface area (Å²) in [5, 5.41) is 2.86. The molecule has 0 aliphatic heterocycles. The second-order valence-corrected chi connectivity index (χ2v) is 12.9. The third kappa shape index (κ3) is 2.88. The summed E-state index contributed by atoms with van der Waals surface area (Å²) in [6, 6.07) is 13.1. The fourth-order valence-corrected chi connectivity index (χ4v) is 9.33. The van der Waals surface area contributed by atoms with E-state index < -0.39 is 0 Å². The highest BCUT2D eigenvalue weighted by Gasteiger charge is 2.55. The molecule has 4 heteroatoms. The minimum absolute atomic E-state index is 0.0366. The summed E-state index contributed by atoms with van der Waals surface area (Å²) >= 11 is 0. The van der Waals surface area contributed by atoms with E-state index in [1.54, 1.807) is 0 Å². The van der Waals surface area contributed by atoms with Gasteiger partial charge in [-0.15, -0.1) is 0 Å². The minimum atomic E-state index is 0.0366. The molecule has 0 amide bonds. The molecule has 4 bridgehead atoms. The normalized spacial score (nSPS) is 32.4. The van der Waals surface area contributed by atoms with E-state index in [4.69, 9.17) is 9.78 Å². The second kappa shape index (κ2) is 7.68. The predicted octanol–water partition coefficient (Wildman–Crippen LogP) is 9.67. The molecule has 4 atom stereocenters. The molecule has 0 fully saturated rings. The molecule has 4 unspecified atom stereocenters. The van der Waals surface area contributed by atoms with Crippen molar-refractivity contribution in [1.29, 1.82) is 0 Å². The maximum Gasteiger partial charge on any atom is 0.162 e. The van der Waals surface area contributed by atoms with Crippen molar-refractivity contribution >= 4 is 27.5 Å². The molecular formula is C30H32O2P2. The monoisotopic (exact) mass is 486 g/mol. The summed E-state index contributed by atoms with van der Waals surface area (Å²) in [4.78, 5) is 12.6. The molecular weight excluding hydrogens is 454 g/mol. The standard InChI is InChI=1S/C30H32O2P2/c1-17-21-15-29(5,25(17)23-11-7-9-13-33-23)19(3)27(21)31-32-28-20(4)30(6)16-22(28)18(2)26(30)24-12-8-10-14-34-24/h7-14,21-22H,15-16H2,1-6H3. The Balaban J connectivity index is 1.27. The highest BCUT2D eigenvalue weighted by atomic mass is 31.0. The molecule has 0 spiro atoms. The molecule has 34 heavy (non-hydrogen) atoms. The van der Waals surface area contributed by atoms with Gasteiger partial charge in [-0.1, -0.05) is 77.8 Å². The largest absolute Gasteiger partial charge is 0.294 e. The van der Waals surface area contributed by atoms with Crippen LogP contribution in [-0.2, 0) is 9.78 Å². The van der Waals surface area contributed by atoms with E-state index >= 15 is 0 Å². The van der Waals surface area contributed by atoms with E-state index in [2.05, 4.69) is 89.5 Å². The van der Waals surface area contributed by atoms with Crippen LogP contribution < -0.4 is 0 Å². The van der Waals surface area contributed by atoms with Gasteiger partial charge in [0, 0.05) is 33.3 Å². The Kier molecular flexibility index (Phi) is 5.04. The van der Waals surface area contributed by atoms with Crippen molar-refractivity contribution in [1.82, 2.24) is 0 Å². The molecule has 2 nitrogen and oxygen atoms in total. The van der Waals surface area contributed by atoms with E-state index in [0.29, 0.717) is 11.8 Å². The van der Waals surface area contributed by atoms with Crippen molar-refractivity contribution in [3.05, 3.63) is 92.4 Å². The summed E-state index contributed by atoms with van der Waals surface area (Å²) in [7, 11) is 2.59. The Morgan fingerprint density at radius 3 is 1.44 bits per heavy atom. The van der Waals surface area contributed by atoms with Crippen LogP contribution in [0.2, 0.25) is 0 Å². The Morgan fingerprint density at radius 1 is 0.676 bits per heavy atom. The zero-order valence-electron chi connectivity index (χ0n) is 20.9. The fraction of sp³-hybridized carbons (Fsp3) is 0.400. The maximum atomic E-state index is 6.29. The van der Waals surface area contributed by atoms with Crippen LogP contribution in [0.25, 0.3) is 11.1 Å². The first-order valence-electron chi connectivity index (χ1n) is 12.3. The summed E-state index contributed by atoms with van der Waals surface area (Å²) in [5.41, 5.74) is 8.67. The van der Waals surface area contributed by atoms with Crippen LogP contribution in [-0.4, -0.2) is 0 Å². The Bertz CT molecular complexity index is 1210. The second-order valence-electron chi connectivity index (χ2n) is 10.9. The molecule has 4 aliphatic rings. The Hall–Kier alpha value is -2.14. The molecule has 174 valence electrons.